The maximum Gasteiger partial charge on any atom is 0.264 e. The Bertz CT molecular complexity index is 782. The van der Waals surface area contributed by atoms with Gasteiger partial charge in [-0.2, -0.15) is 0 Å². The predicted molar refractivity (Wildman–Crippen MR) is 81.6 cm³/mol. The fraction of sp³-hybridized carbons (Fsp3) is 0.0769. The molecule has 112 valence electrons. The highest BCUT2D eigenvalue weighted by Gasteiger charge is 2.19. The number of hydrogen-bond acceptors (Lipinski definition) is 3. The van der Waals surface area contributed by atoms with Crippen molar-refractivity contribution in [3.8, 4) is 0 Å². The lowest BCUT2D eigenvalue weighted by Crippen LogP contribution is -2.15. The van der Waals surface area contributed by atoms with E-state index in [0.717, 1.165) is 12.1 Å². The second-order valence-corrected chi connectivity index (χ2v) is 6.67. The summed E-state index contributed by atoms with van der Waals surface area (Å²) in [7, 11) is -4.07. The molecule has 0 unspecified atom stereocenters. The normalized spacial score (nSPS) is 11.4. The smallest absolute Gasteiger partial charge is 0.264 e. The van der Waals surface area contributed by atoms with Crippen molar-refractivity contribution in [3.63, 3.8) is 0 Å². The fourth-order valence-electron chi connectivity index (χ4n) is 1.66. The van der Waals surface area contributed by atoms with Gasteiger partial charge in [0.05, 0.1) is 15.7 Å². The third-order valence-corrected chi connectivity index (χ3v) is 4.85. The van der Waals surface area contributed by atoms with Crippen LogP contribution in [0.2, 0.25) is 10.0 Å². The van der Waals surface area contributed by atoms with E-state index in [1.165, 1.54) is 24.3 Å². The van der Waals surface area contributed by atoms with Crippen molar-refractivity contribution < 1.29 is 12.8 Å². The topological polar surface area (TPSA) is 72.2 Å². The molecule has 4 nitrogen and oxygen atoms in total. The molecule has 2 aromatic carbocycles. The molecule has 0 saturated heterocycles. The van der Waals surface area contributed by atoms with Crippen molar-refractivity contribution in [3.05, 3.63) is 57.8 Å². The zero-order valence-corrected chi connectivity index (χ0v) is 12.9. The van der Waals surface area contributed by atoms with Gasteiger partial charge in [-0.15, -0.1) is 0 Å². The first kappa shape index (κ1) is 16.0. The van der Waals surface area contributed by atoms with Crippen LogP contribution in [0.15, 0.2) is 41.3 Å². The monoisotopic (exact) mass is 348 g/mol. The minimum atomic E-state index is -4.07. The van der Waals surface area contributed by atoms with Crippen LogP contribution in [0.3, 0.4) is 0 Å². The molecule has 0 aromatic heterocycles. The van der Waals surface area contributed by atoms with Crippen LogP contribution in [-0.4, -0.2) is 8.42 Å². The molecule has 21 heavy (non-hydrogen) atoms. The van der Waals surface area contributed by atoms with Gasteiger partial charge >= 0.3 is 0 Å². The van der Waals surface area contributed by atoms with Crippen LogP contribution in [0, 0.1) is 5.82 Å². The molecule has 0 amide bonds. The Morgan fingerprint density at radius 3 is 2.38 bits per heavy atom. The third kappa shape index (κ3) is 3.65. The van der Waals surface area contributed by atoms with Crippen LogP contribution >= 0.6 is 23.2 Å². The van der Waals surface area contributed by atoms with Crippen LogP contribution in [0.5, 0.6) is 0 Å². The maximum absolute atomic E-state index is 13.9. The molecular weight excluding hydrogens is 338 g/mol. The first-order valence-electron chi connectivity index (χ1n) is 5.80. The molecule has 0 heterocycles. The SMILES string of the molecule is NCc1ccc(S(=O)(=O)Nc2ccc(Cl)c(Cl)c2)c(F)c1. The lowest BCUT2D eigenvalue weighted by atomic mass is 10.2. The standard InChI is InChI=1S/C13H11Cl2FN2O2S/c14-10-3-2-9(6-11(10)15)18-21(19,20)13-4-1-8(7-17)5-12(13)16/h1-6,18H,7,17H2. The van der Waals surface area contributed by atoms with Crippen molar-refractivity contribution in [2.75, 3.05) is 4.72 Å². The molecule has 2 aromatic rings. The summed E-state index contributed by atoms with van der Waals surface area (Å²) in [5.41, 5.74) is 6.06. The number of halogens is 3. The Hall–Kier alpha value is -1.34. The molecule has 3 N–H and O–H groups in total. The van der Waals surface area contributed by atoms with Gasteiger partial charge in [-0.25, -0.2) is 12.8 Å². The quantitative estimate of drug-likeness (QED) is 0.889. The fourth-order valence-corrected chi connectivity index (χ4v) is 3.07. The van der Waals surface area contributed by atoms with Gasteiger partial charge < -0.3 is 5.73 Å². The van der Waals surface area contributed by atoms with Gasteiger partial charge in [-0.05, 0) is 35.9 Å². The van der Waals surface area contributed by atoms with Gasteiger partial charge in [0, 0.05) is 6.54 Å². The lowest BCUT2D eigenvalue weighted by Gasteiger charge is -2.10. The average Bonchev–Trinajstić information content (AvgIpc) is 2.42. The van der Waals surface area contributed by atoms with E-state index in [0.29, 0.717) is 5.56 Å². The number of anilines is 1. The first-order chi connectivity index (χ1) is 9.83. The van der Waals surface area contributed by atoms with Gasteiger partial charge in [0.2, 0.25) is 0 Å². The molecule has 0 aliphatic rings. The predicted octanol–water partition coefficient (Wildman–Crippen LogP) is 3.39. The number of nitrogens with two attached hydrogens (primary N) is 1. The van der Waals surface area contributed by atoms with E-state index < -0.39 is 20.7 Å². The molecule has 0 fully saturated rings. The molecule has 0 spiro atoms. The Morgan fingerprint density at radius 2 is 1.81 bits per heavy atom. The van der Waals surface area contributed by atoms with Crippen molar-refractivity contribution >= 4 is 38.9 Å². The van der Waals surface area contributed by atoms with Crippen molar-refractivity contribution in [1.29, 1.82) is 0 Å². The van der Waals surface area contributed by atoms with E-state index in [4.69, 9.17) is 28.9 Å². The molecule has 0 aliphatic carbocycles. The molecule has 0 aliphatic heterocycles. The average molecular weight is 349 g/mol. The molecule has 0 radical (unpaired) electrons. The third-order valence-electron chi connectivity index (χ3n) is 2.69. The Balaban J connectivity index is 2.36. The second kappa shape index (κ2) is 6.19. The highest BCUT2D eigenvalue weighted by atomic mass is 35.5. The van der Waals surface area contributed by atoms with Gasteiger partial charge in [0.15, 0.2) is 0 Å². The van der Waals surface area contributed by atoms with Gasteiger partial charge in [-0.1, -0.05) is 29.3 Å². The van der Waals surface area contributed by atoms with E-state index in [2.05, 4.69) is 4.72 Å². The maximum atomic E-state index is 13.9. The van der Waals surface area contributed by atoms with E-state index in [1.54, 1.807) is 0 Å². The largest absolute Gasteiger partial charge is 0.326 e. The van der Waals surface area contributed by atoms with Crippen molar-refractivity contribution in [2.45, 2.75) is 11.4 Å². The molecular formula is C13H11Cl2FN2O2S. The molecule has 0 bridgehead atoms. The van der Waals surface area contributed by atoms with Crippen LogP contribution in [0.1, 0.15) is 5.56 Å². The molecule has 2 rings (SSSR count). The molecule has 0 atom stereocenters. The number of benzene rings is 2. The summed E-state index contributed by atoms with van der Waals surface area (Å²) in [6, 6.07) is 7.91. The van der Waals surface area contributed by atoms with Gasteiger partial charge in [-0.3, -0.25) is 4.72 Å². The van der Waals surface area contributed by atoms with Crippen molar-refractivity contribution in [2.24, 2.45) is 5.73 Å². The zero-order chi connectivity index (χ0) is 15.6. The lowest BCUT2D eigenvalue weighted by molar-refractivity contribution is 0.569. The van der Waals surface area contributed by atoms with E-state index in [1.807, 2.05) is 0 Å². The highest BCUT2D eigenvalue weighted by Crippen LogP contribution is 2.27. The van der Waals surface area contributed by atoms with Crippen LogP contribution in [0.4, 0.5) is 10.1 Å². The minimum absolute atomic E-state index is 0.122. The first-order valence-corrected chi connectivity index (χ1v) is 8.04. The van der Waals surface area contributed by atoms with E-state index >= 15 is 0 Å². The van der Waals surface area contributed by atoms with Crippen molar-refractivity contribution in [1.82, 2.24) is 0 Å². The second-order valence-electron chi connectivity index (χ2n) is 4.20. The van der Waals surface area contributed by atoms with Crippen LogP contribution in [-0.2, 0) is 16.6 Å². The van der Waals surface area contributed by atoms with Crippen LogP contribution in [0.25, 0.3) is 0 Å². The van der Waals surface area contributed by atoms with Gasteiger partial charge in [0.25, 0.3) is 10.0 Å². The number of hydrogen-bond donors (Lipinski definition) is 2. The highest BCUT2D eigenvalue weighted by molar-refractivity contribution is 7.92. The van der Waals surface area contributed by atoms with Gasteiger partial charge in [0.1, 0.15) is 10.7 Å². The summed E-state index contributed by atoms with van der Waals surface area (Å²) in [4.78, 5) is -0.467. The zero-order valence-electron chi connectivity index (χ0n) is 10.6. The summed E-state index contributed by atoms with van der Waals surface area (Å²) in [6.07, 6.45) is 0. The summed E-state index contributed by atoms with van der Waals surface area (Å²) >= 11 is 11.6. The number of sulfonamides is 1. The van der Waals surface area contributed by atoms with E-state index in [-0.39, 0.29) is 22.3 Å². The summed E-state index contributed by atoms with van der Waals surface area (Å²) in [5, 5.41) is 0.480. The number of rotatable bonds is 4. The van der Waals surface area contributed by atoms with Crippen LogP contribution < -0.4 is 10.5 Å². The van der Waals surface area contributed by atoms with E-state index in [9.17, 15) is 12.8 Å². The number of nitrogens with one attached hydrogen (secondary N) is 1. The summed E-state index contributed by atoms with van der Waals surface area (Å²) in [5.74, 6) is -0.870. The Morgan fingerprint density at radius 1 is 1.10 bits per heavy atom. The molecule has 8 heteroatoms. The Kier molecular flexibility index (Phi) is 4.73. The summed E-state index contributed by atoms with van der Waals surface area (Å²) < 4.78 is 40.4. The summed E-state index contributed by atoms with van der Waals surface area (Å²) in [6.45, 7) is 0.122. The Labute approximate surface area is 131 Å². The minimum Gasteiger partial charge on any atom is -0.326 e. The molecule has 0 saturated carbocycles.